The van der Waals surface area contributed by atoms with Gasteiger partial charge in [-0.15, -0.1) is 0 Å². The van der Waals surface area contributed by atoms with Crippen molar-refractivity contribution in [1.29, 1.82) is 5.26 Å². The van der Waals surface area contributed by atoms with Crippen LogP contribution in [-0.4, -0.2) is 41.8 Å². The highest BCUT2D eigenvalue weighted by molar-refractivity contribution is 5.81. The number of hydrogen-bond donors (Lipinski definition) is 1. The second-order valence-electron chi connectivity index (χ2n) is 9.61. The van der Waals surface area contributed by atoms with Gasteiger partial charge in [0.2, 0.25) is 5.89 Å². The quantitative estimate of drug-likeness (QED) is 0.303. The minimum Gasteiger partial charge on any atom is -0.436 e. The Morgan fingerprint density at radius 2 is 1.60 bits per heavy atom. The number of quaternary nitrogens is 1. The highest BCUT2D eigenvalue weighted by Crippen LogP contribution is 2.50. The molecule has 0 atom stereocenters. The number of aromatic nitrogens is 1. The van der Waals surface area contributed by atoms with Crippen LogP contribution in [0.1, 0.15) is 33.9 Å². The van der Waals surface area contributed by atoms with Crippen LogP contribution in [0.25, 0.3) is 11.1 Å². The predicted octanol–water partition coefficient (Wildman–Crippen LogP) is 4.60. The first-order valence-corrected chi connectivity index (χ1v) is 11.7. The Labute approximate surface area is 205 Å². The third-order valence-corrected chi connectivity index (χ3v) is 6.56. The summed E-state index contributed by atoms with van der Waals surface area (Å²) in [6.45, 7) is 2.48. The van der Waals surface area contributed by atoms with Crippen LogP contribution in [0.2, 0.25) is 0 Å². The molecule has 1 aliphatic rings. The van der Waals surface area contributed by atoms with Crippen molar-refractivity contribution >= 4 is 0 Å². The van der Waals surface area contributed by atoms with E-state index in [1.54, 1.807) is 18.3 Å². The monoisotopic (exact) mass is 466 g/mol. The van der Waals surface area contributed by atoms with Crippen LogP contribution in [0.4, 0.5) is 0 Å². The lowest BCUT2D eigenvalue weighted by atomic mass is 9.91. The molecule has 1 heterocycles. The van der Waals surface area contributed by atoms with Crippen molar-refractivity contribution in [2.24, 2.45) is 0 Å². The fourth-order valence-corrected chi connectivity index (χ4v) is 4.67. The lowest BCUT2D eigenvalue weighted by Crippen LogP contribution is -2.41. The molecule has 6 nitrogen and oxygen atoms in total. The van der Waals surface area contributed by atoms with Crippen molar-refractivity contribution in [2.45, 2.75) is 18.8 Å². The summed E-state index contributed by atoms with van der Waals surface area (Å²) in [4.78, 5) is 4.52. The van der Waals surface area contributed by atoms with E-state index in [4.69, 9.17) is 14.4 Å². The molecule has 0 aliphatic heterocycles. The summed E-state index contributed by atoms with van der Waals surface area (Å²) in [7, 11) is 4.23. The number of benzene rings is 3. The SMILES string of the molecule is C[N+](C)(CCOCc1ccc(C#N)cc1)Cc1cnc(C2(O)c3ccccc3-c3ccccc32)o1. The van der Waals surface area contributed by atoms with Gasteiger partial charge in [-0.2, -0.15) is 5.26 Å². The molecule has 35 heavy (non-hydrogen) atoms. The van der Waals surface area contributed by atoms with Crippen LogP contribution >= 0.6 is 0 Å². The molecule has 4 aromatic rings. The van der Waals surface area contributed by atoms with E-state index in [1.165, 1.54) is 0 Å². The zero-order chi connectivity index (χ0) is 24.5. The van der Waals surface area contributed by atoms with Crippen LogP contribution in [0.3, 0.4) is 0 Å². The first-order chi connectivity index (χ1) is 16.9. The van der Waals surface area contributed by atoms with Crippen LogP contribution in [-0.2, 0) is 23.5 Å². The second-order valence-corrected chi connectivity index (χ2v) is 9.61. The van der Waals surface area contributed by atoms with Crippen molar-refractivity contribution in [3.8, 4) is 17.2 Å². The van der Waals surface area contributed by atoms with E-state index in [0.717, 1.165) is 34.4 Å². The number of aliphatic hydroxyl groups is 1. The average Bonchev–Trinajstić information content (AvgIpc) is 3.44. The van der Waals surface area contributed by atoms with Gasteiger partial charge in [0.05, 0.1) is 45.1 Å². The van der Waals surface area contributed by atoms with E-state index >= 15 is 0 Å². The zero-order valence-corrected chi connectivity index (χ0v) is 19.9. The van der Waals surface area contributed by atoms with Gasteiger partial charge in [0.25, 0.3) is 0 Å². The van der Waals surface area contributed by atoms with Crippen molar-refractivity contribution < 1.29 is 18.7 Å². The van der Waals surface area contributed by atoms with Gasteiger partial charge in [-0.3, -0.25) is 0 Å². The number of nitrogens with zero attached hydrogens (tertiary/aromatic N) is 3. The van der Waals surface area contributed by atoms with E-state index in [-0.39, 0.29) is 0 Å². The molecule has 0 bridgehead atoms. The van der Waals surface area contributed by atoms with E-state index in [0.29, 0.717) is 41.5 Å². The summed E-state index contributed by atoms with van der Waals surface area (Å²) in [5.74, 6) is 1.01. The van der Waals surface area contributed by atoms with E-state index in [1.807, 2.05) is 60.7 Å². The maximum absolute atomic E-state index is 11.9. The van der Waals surface area contributed by atoms with Crippen molar-refractivity contribution in [1.82, 2.24) is 4.98 Å². The lowest BCUT2D eigenvalue weighted by Gasteiger charge is -2.28. The van der Waals surface area contributed by atoms with Gasteiger partial charge in [0, 0.05) is 11.1 Å². The molecule has 0 unspecified atom stereocenters. The van der Waals surface area contributed by atoms with Crippen molar-refractivity contribution in [2.75, 3.05) is 27.2 Å². The fraction of sp³-hybridized carbons (Fsp3) is 0.241. The second kappa shape index (κ2) is 9.12. The summed E-state index contributed by atoms with van der Waals surface area (Å²) in [5.41, 5.74) is 3.86. The number of rotatable bonds is 8. The Balaban J connectivity index is 1.26. The molecule has 0 radical (unpaired) electrons. The minimum absolute atomic E-state index is 0.293. The Hall–Kier alpha value is -3.76. The summed E-state index contributed by atoms with van der Waals surface area (Å²) >= 11 is 0. The smallest absolute Gasteiger partial charge is 0.236 e. The number of fused-ring (bicyclic) bond motifs is 3. The Kier molecular flexibility index (Phi) is 6.00. The van der Waals surface area contributed by atoms with Gasteiger partial charge in [-0.05, 0) is 28.8 Å². The van der Waals surface area contributed by atoms with Crippen LogP contribution in [0.5, 0.6) is 0 Å². The van der Waals surface area contributed by atoms with E-state index in [9.17, 15) is 5.11 Å². The topological polar surface area (TPSA) is 79.3 Å². The lowest BCUT2D eigenvalue weighted by molar-refractivity contribution is -0.905. The number of nitriles is 1. The molecular formula is C29H28N3O3+. The van der Waals surface area contributed by atoms with Gasteiger partial charge in [0.15, 0.2) is 11.4 Å². The molecule has 0 fully saturated rings. The third kappa shape index (κ3) is 4.38. The minimum atomic E-state index is -1.41. The highest BCUT2D eigenvalue weighted by Gasteiger charge is 2.46. The summed E-state index contributed by atoms with van der Waals surface area (Å²) in [6.07, 6.45) is 1.72. The molecule has 1 aliphatic carbocycles. The maximum Gasteiger partial charge on any atom is 0.236 e. The Bertz CT molecular complexity index is 1340. The predicted molar refractivity (Wildman–Crippen MR) is 132 cm³/mol. The van der Waals surface area contributed by atoms with Crippen LogP contribution < -0.4 is 0 Å². The number of hydrogen-bond acceptors (Lipinski definition) is 5. The molecule has 1 aromatic heterocycles. The number of likely N-dealkylation sites (N-methyl/N-ethyl adjacent to an activating group) is 1. The summed E-state index contributed by atoms with van der Waals surface area (Å²) in [6, 6.07) is 25.3. The highest BCUT2D eigenvalue weighted by atomic mass is 16.5. The molecular weight excluding hydrogens is 438 g/mol. The van der Waals surface area contributed by atoms with Crippen molar-refractivity contribution in [3.63, 3.8) is 0 Å². The number of oxazole rings is 1. The van der Waals surface area contributed by atoms with Gasteiger partial charge in [0.1, 0.15) is 13.1 Å². The molecule has 3 aromatic carbocycles. The molecule has 0 spiro atoms. The molecule has 6 heteroatoms. The Morgan fingerprint density at radius 3 is 2.23 bits per heavy atom. The normalized spacial score (nSPS) is 13.8. The first-order valence-electron chi connectivity index (χ1n) is 11.7. The van der Waals surface area contributed by atoms with Gasteiger partial charge >= 0.3 is 0 Å². The third-order valence-electron chi connectivity index (χ3n) is 6.56. The van der Waals surface area contributed by atoms with Crippen LogP contribution in [0, 0.1) is 11.3 Å². The molecule has 0 saturated carbocycles. The molecule has 5 rings (SSSR count). The van der Waals surface area contributed by atoms with E-state index in [2.05, 4.69) is 25.1 Å². The van der Waals surface area contributed by atoms with Gasteiger partial charge in [-0.25, -0.2) is 4.98 Å². The van der Waals surface area contributed by atoms with Gasteiger partial charge in [-0.1, -0.05) is 60.7 Å². The average molecular weight is 467 g/mol. The van der Waals surface area contributed by atoms with Crippen LogP contribution in [0.15, 0.2) is 83.4 Å². The van der Waals surface area contributed by atoms with Gasteiger partial charge < -0.3 is 18.7 Å². The maximum atomic E-state index is 11.9. The molecule has 176 valence electrons. The Morgan fingerprint density at radius 1 is 0.971 bits per heavy atom. The first kappa shape index (κ1) is 23.0. The summed E-state index contributed by atoms with van der Waals surface area (Å²) in [5, 5.41) is 20.8. The molecule has 0 amide bonds. The summed E-state index contributed by atoms with van der Waals surface area (Å²) < 4.78 is 12.7. The molecule has 0 saturated heterocycles. The zero-order valence-electron chi connectivity index (χ0n) is 19.9. The largest absolute Gasteiger partial charge is 0.436 e. The van der Waals surface area contributed by atoms with E-state index < -0.39 is 5.60 Å². The van der Waals surface area contributed by atoms with Crippen molar-refractivity contribution in [3.05, 3.63) is 113 Å². The standard InChI is InChI=1S/C29H28N3O3/c1-32(2,15-16-34-20-22-13-11-21(17-30)12-14-22)19-23-18-31-28(35-23)29(33)26-9-5-3-7-24(26)25-8-4-6-10-27(25)29/h3-14,18,33H,15-16,19-20H2,1-2H3/q+1. The number of ether oxygens (including phenoxy) is 1. The fourth-order valence-electron chi connectivity index (χ4n) is 4.67. The molecule has 1 N–H and O–H groups in total.